The van der Waals surface area contributed by atoms with E-state index < -0.39 is 17.6 Å². The summed E-state index contributed by atoms with van der Waals surface area (Å²) in [4.78, 5) is 37.7. The number of allylic oxidation sites excluding steroid dienone is 1. The number of hydrogen-bond donors (Lipinski definition) is 2. The number of benzene rings is 2. The van der Waals surface area contributed by atoms with Crippen molar-refractivity contribution in [3.05, 3.63) is 82.0 Å². The van der Waals surface area contributed by atoms with Crippen molar-refractivity contribution in [2.75, 3.05) is 0 Å². The number of nitrogens with zero attached hydrogens (tertiary/aromatic N) is 2. The first-order valence-corrected chi connectivity index (χ1v) is 10.5. The van der Waals surface area contributed by atoms with Crippen LogP contribution in [0, 0.1) is 5.82 Å². The van der Waals surface area contributed by atoms with Gasteiger partial charge >= 0.3 is 0 Å². The maximum Gasteiger partial charge on any atom is 0.290 e. The second-order valence-corrected chi connectivity index (χ2v) is 7.38. The molecule has 0 radical (unpaired) electrons. The third kappa shape index (κ3) is 5.26. The monoisotopic (exact) mass is 436 g/mol. The molecule has 3 aromatic rings. The lowest BCUT2D eigenvalue weighted by atomic mass is 10.1. The molecule has 3 rings (SSSR count). The van der Waals surface area contributed by atoms with Crippen molar-refractivity contribution in [1.82, 2.24) is 20.6 Å². The van der Waals surface area contributed by atoms with Gasteiger partial charge in [0.25, 0.3) is 17.4 Å². The molecule has 0 aliphatic carbocycles. The van der Waals surface area contributed by atoms with Gasteiger partial charge in [-0.05, 0) is 31.1 Å². The molecular weight excluding hydrogens is 411 g/mol. The Labute approximate surface area is 184 Å². The van der Waals surface area contributed by atoms with E-state index in [-0.39, 0.29) is 11.3 Å². The van der Waals surface area contributed by atoms with Crippen LogP contribution in [-0.2, 0) is 11.3 Å². The van der Waals surface area contributed by atoms with Gasteiger partial charge in [0, 0.05) is 23.6 Å². The number of hydrogen-bond acceptors (Lipinski definition) is 4. The topological polar surface area (TPSA) is 93.1 Å². The fraction of sp³-hybridized carbons (Fsp3) is 0.250. The van der Waals surface area contributed by atoms with E-state index in [1.807, 2.05) is 0 Å². The minimum absolute atomic E-state index is 0.0341. The number of amides is 2. The van der Waals surface area contributed by atoms with Crippen molar-refractivity contribution in [2.24, 2.45) is 0 Å². The lowest BCUT2D eigenvalue weighted by Gasteiger charge is -2.11. The lowest BCUT2D eigenvalue weighted by Crippen LogP contribution is -2.42. The van der Waals surface area contributed by atoms with Crippen LogP contribution >= 0.6 is 0 Å². The Kier molecular flexibility index (Phi) is 7.49. The molecule has 0 fully saturated rings. The van der Waals surface area contributed by atoms with Crippen molar-refractivity contribution in [3.8, 4) is 0 Å². The predicted molar refractivity (Wildman–Crippen MR) is 121 cm³/mol. The molecule has 0 spiro atoms. The van der Waals surface area contributed by atoms with E-state index in [0.29, 0.717) is 28.5 Å². The SMILES string of the molecule is CCCCCn1nc(C(=O)NNC(=O)/C=C(/C)c2ccccc2F)c2ccccc2c1=O. The molecule has 0 aliphatic heterocycles. The van der Waals surface area contributed by atoms with E-state index in [1.54, 1.807) is 49.4 Å². The first-order valence-electron chi connectivity index (χ1n) is 10.5. The summed E-state index contributed by atoms with van der Waals surface area (Å²) in [7, 11) is 0. The average Bonchev–Trinajstić information content (AvgIpc) is 2.79. The summed E-state index contributed by atoms with van der Waals surface area (Å²) in [5.41, 5.74) is 5.08. The molecule has 0 saturated carbocycles. The fourth-order valence-corrected chi connectivity index (χ4v) is 3.34. The molecule has 2 aromatic carbocycles. The number of carbonyl (C=O) groups is 2. The number of aromatic nitrogens is 2. The Morgan fingerprint density at radius 3 is 2.44 bits per heavy atom. The summed E-state index contributed by atoms with van der Waals surface area (Å²) in [5, 5.41) is 5.02. The van der Waals surface area contributed by atoms with Gasteiger partial charge in [-0.3, -0.25) is 25.2 Å². The molecular formula is C24H25FN4O3. The van der Waals surface area contributed by atoms with E-state index in [1.165, 1.54) is 16.8 Å². The molecule has 2 N–H and O–H groups in total. The average molecular weight is 436 g/mol. The van der Waals surface area contributed by atoms with Crippen LogP contribution in [0.25, 0.3) is 16.3 Å². The van der Waals surface area contributed by atoms with Gasteiger partial charge in [0.05, 0.1) is 5.39 Å². The molecule has 7 nitrogen and oxygen atoms in total. The van der Waals surface area contributed by atoms with Crippen molar-refractivity contribution in [1.29, 1.82) is 0 Å². The smallest absolute Gasteiger partial charge is 0.268 e. The van der Waals surface area contributed by atoms with E-state index in [0.717, 1.165) is 19.3 Å². The summed E-state index contributed by atoms with van der Waals surface area (Å²) < 4.78 is 15.2. The highest BCUT2D eigenvalue weighted by atomic mass is 19.1. The number of unbranched alkanes of at least 4 members (excludes halogenated alkanes) is 2. The third-order valence-corrected chi connectivity index (χ3v) is 5.00. The highest BCUT2D eigenvalue weighted by molar-refractivity contribution is 6.06. The largest absolute Gasteiger partial charge is 0.290 e. The van der Waals surface area contributed by atoms with Gasteiger partial charge in [0.1, 0.15) is 5.82 Å². The number of rotatable bonds is 7. The molecule has 32 heavy (non-hydrogen) atoms. The number of halogens is 1. The van der Waals surface area contributed by atoms with Crippen molar-refractivity contribution in [2.45, 2.75) is 39.7 Å². The zero-order chi connectivity index (χ0) is 23.1. The van der Waals surface area contributed by atoms with Gasteiger partial charge < -0.3 is 0 Å². The summed E-state index contributed by atoms with van der Waals surface area (Å²) in [6, 6.07) is 12.8. The normalized spacial score (nSPS) is 11.4. The number of nitrogens with one attached hydrogen (secondary N) is 2. The van der Waals surface area contributed by atoms with Gasteiger partial charge in [0.15, 0.2) is 5.69 Å². The molecule has 1 heterocycles. The molecule has 166 valence electrons. The maximum absolute atomic E-state index is 13.9. The zero-order valence-corrected chi connectivity index (χ0v) is 18.0. The van der Waals surface area contributed by atoms with Crippen LogP contribution in [0.2, 0.25) is 0 Å². The minimum Gasteiger partial charge on any atom is -0.268 e. The molecule has 2 amide bonds. The van der Waals surface area contributed by atoms with Gasteiger partial charge in [0.2, 0.25) is 0 Å². The van der Waals surface area contributed by atoms with E-state index in [4.69, 9.17) is 0 Å². The van der Waals surface area contributed by atoms with Crippen LogP contribution in [0.4, 0.5) is 4.39 Å². The molecule has 0 unspecified atom stereocenters. The van der Waals surface area contributed by atoms with Crippen LogP contribution in [0.5, 0.6) is 0 Å². The van der Waals surface area contributed by atoms with Crippen LogP contribution in [0.15, 0.2) is 59.4 Å². The zero-order valence-electron chi connectivity index (χ0n) is 18.0. The van der Waals surface area contributed by atoms with Crippen molar-refractivity contribution in [3.63, 3.8) is 0 Å². The van der Waals surface area contributed by atoms with Gasteiger partial charge in [-0.25, -0.2) is 9.07 Å². The second kappa shape index (κ2) is 10.5. The number of fused-ring (bicyclic) bond motifs is 1. The van der Waals surface area contributed by atoms with Crippen LogP contribution in [0.1, 0.15) is 49.2 Å². The Balaban J connectivity index is 1.80. The Hall–Kier alpha value is -3.81. The first-order chi connectivity index (χ1) is 15.4. The molecule has 0 atom stereocenters. The highest BCUT2D eigenvalue weighted by Gasteiger charge is 2.17. The lowest BCUT2D eigenvalue weighted by molar-refractivity contribution is -0.117. The highest BCUT2D eigenvalue weighted by Crippen LogP contribution is 2.17. The molecule has 0 bridgehead atoms. The minimum atomic E-state index is -0.657. The summed E-state index contributed by atoms with van der Waals surface area (Å²) in [5.74, 6) is -1.73. The standard InChI is InChI=1S/C24H25FN4O3/c1-3-4-9-14-29-24(32)19-12-6-5-11-18(19)22(28-29)23(31)27-26-21(30)15-16(2)17-10-7-8-13-20(17)25/h5-8,10-13,15H,3-4,9,14H2,1-2H3,(H,26,30)(H,27,31)/b16-15-. The second-order valence-electron chi connectivity index (χ2n) is 7.38. The van der Waals surface area contributed by atoms with Gasteiger partial charge in [-0.15, -0.1) is 0 Å². The summed E-state index contributed by atoms with van der Waals surface area (Å²) in [6.07, 6.45) is 3.88. The number of hydrazine groups is 1. The number of carbonyl (C=O) groups excluding carboxylic acids is 2. The predicted octanol–water partition coefficient (Wildman–Crippen LogP) is 3.59. The molecule has 0 saturated heterocycles. The Morgan fingerprint density at radius 1 is 1.03 bits per heavy atom. The Bertz CT molecular complexity index is 1230. The molecule has 8 heteroatoms. The quantitative estimate of drug-likeness (QED) is 0.336. The van der Waals surface area contributed by atoms with Crippen molar-refractivity contribution < 1.29 is 14.0 Å². The number of aryl methyl sites for hydroxylation is 1. The fourth-order valence-electron chi connectivity index (χ4n) is 3.34. The molecule has 0 aliphatic rings. The maximum atomic E-state index is 13.9. The van der Waals surface area contributed by atoms with Crippen LogP contribution in [-0.4, -0.2) is 21.6 Å². The first kappa shape index (κ1) is 22.9. The van der Waals surface area contributed by atoms with Crippen LogP contribution < -0.4 is 16.4 Å². The Morgan fingerprint density at radius 2 is 1.72 bits per heavy atom. The summed E-state index contributed by atoms with van der Waals surface area (Å²) >= 11 is 0. The van der Waals surface area contributed by atoms with E-state index in [9.17, 15) is 18.8 Å². The van der Waals surface area contributed by atoms with E-state index in [2.05, 4.69) is 22.9 Å². The van der Waals surface area contributed by atoms with Gasteiger partial charge in [-0.2, -0.15) is 5.10 Å². The molecule has 1 aromatic heterocycles. The van der Waals surface area contributed by atoms with Gasteiger partial charge in [-0.1, -0.05) is 56.2 Å². The van der Waals surface area contributed by atoms with Crippen molar-refractivity contribution >= 4 is 28.2 Å². The third-order valence-electron chi connectivity index (χ3n) is 5.00. The van der Waals surface area contributed by atoms with E-state index >= 15 is 0 Å². The summed E-state index contributed by atoms with van der Waals surface area (Å²) in [6.45, 7) is 4.05. The van der Waals surface area contributed by atoms with Crippen LogP contribution in [0.3, 0.4) is 0 Å².